The van der Waals surface area contributed by atoms with Crippen molar-refractivity contribution >= 4 is 29.0 Å². The third-order valence-electron chi connectivity index (χ3n) is 4.49. The number of benzene rings is 3. The highest BCUT2D eigenvalue weighted by Crippen LogP contribution is 2.16. The normalized spacial score (nSPS) is 14.1. The molecular weight excluding hydrogens is 416 g/mol. The molecule has 0 unspecified atom stereocenters. The van der Waals surface area contributed by atoms with Crippen LogP contribution >= 0.6 is 11.6 Å². The summed E-state index contributed by atoms with van der Waals surface area (Å²) in [5, 5.41) is 22.7. The van der Waals surface area contributed by atoms with Crippen molar-refractivity contribution in [1.29, 1.82) is 0 Å². The van der Waals surface area contributed by atoms with E-state index in [0.29, 0.717) is 16.6 Å². The summed E-state index contributed by atoms with van der Waals surface area (Å²) < 4.78 is 0. The number of amides is 1. The van der Waals surface area contributed by atoms with Crippen LogP contribution in [0.4, 0.5) is 0 Å². The van der Waals surface area contributed by atoms with Crippen LogP contribution in [-0.4, -0.2) is 40.7 Å². The van der Waals surface area contributed by atoms with E-state index in [2.05, 4.69) is 9.98 Å². The number of hydrogen-bond donors (Lipinski definition) is 3. The molecule has 0 bridgehead atoms. The summed E-state index contributed by atoms with van der Waals surface area (Å²) in [4.78, 5) is 19.1. The van der Waals surface area contributed by atoms with Gasteiger partial charge in [-0.1, -0.05) is 54.1 Å². The zero-order valence-electron chi connectivity index (χ0n) is 16.7. The number of aliphatic imine (C=N–C) groups is 1. The Morgan fingerprint density at radius 1 is 1.10 bits per heavy atom. The van der Waals surface area contributed by atoms with Gasteiger partial charge in [0.2, 0.25) is 0 Å². The Labute approximate surface area is 184 Å². The minimum absolute atomic E-state index is 0.0741. The van der Waals surface area contributed by atoms with Crippen LogP contribution in [0.2, 0.25) is 5.02 Å². The topological polar surface area (TPSA) is 112 Å². The molecule has 4 rings (SSSR count). The summed E-state index contributed by atoms with van der Waals surface area (Å²) in [5.41, 5.74) is 6.65. The van der Waals surface area contributed by atoms with Gasteiger partial charge in [0, 0.05) is 22.9 Å². The number of rotatable bonds is 2. The molecule has 0 radical (unpaired) electrons. The molecule has 0 saturated heterocycles. The Kier molecular flexibility index (Phi) is 7.02. The summed E-state index contributed by atoms with van der Waals surface area (Å²) in [5.74, 6) is -0.125. The smallest absolute Gasteiger partial charge is 0.252 e. The summed E-state index contributed by atoms with van der Waals surface area (Å²) >= 11 is 6.12. The Bertz CT molecular complexity index is 1240. The zero-order chi connectivity index (χ0) is 22.4. The van der Waals surface area contributed by atoms with E-state index in [-0.39, 0.29) is 17.9 Å². The molecule has 1 aliphatic heterocycles. The van der Waals surface area contributed by atoms with Crippen LogP contribution in [0.3, 0.4) is 0 Å². The lowest BCUT2D eigenvalue weighted by molar-refractivity contribution is -0.0119. The van der Waals surface area contributed by atoms with Crippen molar-refractivity contribution in [3.05, 3.63) is 99.5 Å². The number of phenols is 1. The SMILES string of the molecule is CN=C1CN(O)C(c2ccccc2)=c2cc(Cl)ccc2=N1.NC(=O)c1ccccc1O. The van der Waals surface area contributed by atoms with Gasteiger partial charge in [0.05, 0.1) is 16.6 Å². The van der Waals surface area contributed by atoms with Crippen LogP contribution in [0.15, 0.2) is 82.8 Å². The maximum Gasteiger partial charge on any atom is 0.252 e. The van der Waals surface area contributed by atoms with E-state index < -0.39 is 5.91 Å². The number of hydroxylamine groups is 2. The van der Waals surface area contributed by atoms with Crippen LogP contribution in [0.5, 0.6) is 5.75 Å². The summed E-state index contributed by atoms with van der Waals surface area (Å²) in [6.45, 7) is 0.229. The Morgan fingerprint density at radius 2 is 1.77 bits per heavy atom. The largest absolute Gasteiger partial charge is 0.507 e. The highest BCUT2D eigenvalue weighted by atomic mass is 35.5. The van der Waals surface area contributed by atoms with E-state index in [0.717, 1.165) is 16.1 Å². The first-order chi connectivity index (χ1) is 14.9. The fourth-order valence-electron chi connectivity index (χ4n) is 3.03. The number of halogens is 1. The molecule has 1 heterocycles. The van der Waals surface area contributed by atoms with Crippen LogP contribution in [-0.2, 0) is 0 Å². The van der Waals surface area contributed by atoms with Crippen molar-refractivity contribution < 1.29 is 15.1 Å². The van der Waals surface area contributed by atoms with E-state index in [9.17, 15) is 10.0 Å². The average Bonchev–Trinajstić information content (AvgIpc) is 2.90. The first-order valence-electron chi connectivity index (χ1n) is 9.34. The second-order valence-corrected chi connectivity index (χ2v) is 7.00. The third-order valence-corrected chi connectivity index (χ3v) is 4.72. The predicted octanol–water partition coefficient (Wildman–Crippen LogP) is 2.34. The number of nitrogens with two attached hydrogens (primary N) is 1. The van der Waals surface area contributed by atoms with Crippen LogP contribution in [0, 0.1) is 0 Å². The summed E-state index contributed by atoms with van der Waals surface area (Å²) in [6, 6.07) is 21.3. The highest BCUT2D eigenvalue weighted by Gasteiger charge is 2.17. The van der Waals surface area contributed by atoms with Gasteiger partial charge in [0.15, 0.2) is 0 Å². The Balaban J connectivity index is 0.000000229. The molecule has 0 aliphatic carbocycles. The minimum Gasteiger partial charge on any atom is -0.507 e. The van der Waals surface area contributed by atoms with Gasteiger partial charge in [-0.2, -0.15) is 0 Å². The molecule has 0 saturated carbocycles. The Morgan fingerprint density at radius 3 is 2.39 bits per heavy atom. The summed E-state index contributed by atoms with van der Waals surface area (Å²) in [6.07, 6.45) is 0. The fourth-order valence-corrected chi connectivity index (χ4v) is 3.20. The van der Waals surface area contributed by atoms with Crippen LogP contribution in [0.1, 0.15) is 15.9 Å². The molecule has 0 aromatic heterocycles. The molecule has 0 atom stereocenters. The van der Waals surface area contributed by atoms with Gasteiger partial charge >= 0.3 is 0 Å². The quantitative estimate of drug-likeness (QED) is 0.572. The second kappa shape index (κ2) is 9.88. The number of primary amides is 1. The first kappa shape index (κ1) is 22.0. The van der Waals surface area contributed by atoms with Gasteiger partial charge in [-0.25, -0.2) is 10.1 Å². The van der Waals surface area contributed by atoms with Crippen molar-refractivity contribution in [3.8, 4) is 5.75 Å². The van der Waals surface area contributed by atoms with E-state index in [4.69, 9.17) is 22.4 Å². The first-order valence-corrected chi connectivity index (χ1v) is 9.72. The van der Waals surface area contributed by atoms with Gasteiger partial charge in [0.1, 0.15) is 18.1 Å². The van der Waals surface area contributed by atoms with Crippen molar-refractivity contribution in [2.45, 2.75) is 0 Å². The molecule has 0 fully saturated rings. The van der Waals surface area contributed by atoms with E-state index in [1.807, 2.05) is 42.5 Å². The molecule has 3 aromatic carbocycles. The molecule has 7 nitrogen and oxygen atoms in total. The van der Waals surface area contributed by atoms with Crippen molar-refractivity contribution in [2.24, 2.45) is 15.7 Å². The highest BCUT2D eigenvalue weighted by molar-refractivity contribution is 6.30. The van der Waals surface area contributed by atoms with Crippen molar-refractivity contribution in [2.75, 3.05) is 13.6 Å². The monoisotopic (exact) mass is 436 g/mol. The maximum absolute atomic E-state index is 10.5. The molecule has 4 N–H and O–H groups in total. The second-order valence-electron chi connectivity index (χ2n) is 6.57. The standard InChI is InChI=1S/C16H14ClN3O.C7H7NO2/c1-18-15-10-20(21)16(11-5-3-2-4-6-11)13-9-12(17)7-8-14(13)19-15;8-7(10)5-3-1-2-4-6(5)9/h2-9,21H,10H2,1H3;1-4,9H,(H2,8,10). The van der Waals surface area contributed by atoms with E-state index >= 15 is 0 Å². The Hall–Kier alpha value is -3.68. The van der Waals surface area contributed by atoms with Crippen LogP contribution < -0.4 is 16.3 Å². The number of carbonyl (C=O) groups is 1. The molecule has 31 heavy (non-hydrogen) atoms. The van der Waals surface area contributed by atoms with Gasteiger partial charge < -0.3 is 10.8 Å². The zero-order valence-corrected chi connectivity index (χ0v) is 17.5. The number of amidine groups is 1. The van der Waals surface area contributed by atoms with Gasteiger partial charge in [-0.15, -0.1) is 0 Å². The lowest BCUT2D eigenvalue weighted by atomic mass is 10.1. The lowest BCUT2D eigenvalue weighted by Gasteiger charge is -2.19. The molecule has 1 amide bonds. The molecule has 8 heteroatoms. The number of hydrogen-bond acceptors (Lipinski definition) is 5. The molecule has 1 aliphatic rings. The predicted molar refractivity (Wildman–Crippen MR) is 120 cm³/mol. The van der Waals surface area contributed by atoms with Crippen LogP contribution in [0.25, 0.3) is 5.70 Å². The van der Waals surface area contributed by atoms with E-state index in [1.165, 1.54) is 17.2 Å². The number of carbonyl (C=O) groups excluding carboxylic acids is 1. The number of fused-ring (bicyclic) bond motifs is 1. The molecule has 158 valence electrons. The third kappa shape index (κ3) is 5.28. The lowest BCUT2D eigenvalue weighted by Crippen LogP contribution is -2.31. The van der Waals surface area contributed by atoms with Gasteiger partial charge in [-0.3, -0.25) is 15.0 Å². The van der Waals surface area contributed by atoms with Crippen molar-refractivity contribution in [3.63, 3.8) is 0 Å². The fraction of sp³-hybridized carbons (Fsp3) is 0.0870. The van der Waals surface area contributed by atoms with Gasteiger partial charge in [-0.05, 0) is 30.3 Å². The maximum atomic E-state index is 10.5. The molecule has 3 aromatic rings. The molecule has 0 spiro atoms. The number of nitrogens with zero attached hydrogens (tertiary/aromatic N) is 3. The summed E-state index contributed by atoms with van der Waals surface area (Å²) in [7, 11) is 1.66. The minimum atomic E-state index is -0.613. The molecular formula is C23H21ClN4O3. The van der Waals surface area contributed by atoms with Gasteiger partial charge in [0.25, 0.3) is 5.91 Å². The van der Waals surface area contributed by atoms with E-state index in [1.54, 1.807) is 25.2 Å². The number of para-hydroxylation sites is 1. The van der Waals surface area contributed by atoms with Crippen molar-refractivity contribution in [1.82, 2.24) is 5.06 Å². The number of aromatic hydroxyl groups is 1. The average molecular weight is 437 g/mol.